The van der Waals surface area contributed by atoms with Crippen LogP contribution in [0.5, 0.6) is 0 Å². The highest BCUT2D eigenvalue weighted by Crippen LogP contribution is 2.20. The van der Waals surface area contributed by atoms with Gasteiger partial charge in [0.15, 0.2) is 0 Å². The van der Waals surface area contributed by atoms with Crippen molar-refractivity contribution >= 4 is 5.57 Å². The number of hydrogen-bond donors (Lipinski definition) is 1. The molecule has 0 fully saturated rings. The van der Waals surface area contributed by atoms with Crippen molar-refractivity contribution in [2.24, 2.45) is 0 Å². The SMILES string of the molecule is CC(=CCCNC(C)C)c1cc(C)ccc1C. The number of rotatable bonds is 5. The van der Waals surface area contributed by atoms with E-state index < -0.39 is 0 Å². The Labute approximate surface area is 106 Å². The summed E-state index contributed by atoms with van der Waals surface area (Å²) in [5.74, 6) is 0. The Morgan fingerprint density at radius 2 is 2.00 bits per heavy atom. The highest BCUT2D eigenvalue weighted by molar-refractivity contribution is 5.66. The molecule has 0 aliphatic rings. The molecule has 1 heteroatoms. The van der Waals surface area contributed by atoms with Crippen LogP contribution in [0.2, 0.25) is 0 Å². The van der Waals surface area contributed by atoms with E-state index in [4.69, 9.17) is 0 Å². The van der Waals surface area contributed by atoms with Crippen LogP contribution in [0.3, 0.4) is 0 Å². The van der Waals surface area contributed by atoms with Gasteiger partial charge in [0, 0.05) is 6.04 Å². The van der Waals surface area contributed by atoms with Gasteiger partial charge in [-0.2, -0.15) is 0 Å². The van der Waals surface area contributed by atoms with Gasteiger partial charge in [-0.25, -0.2) is 0 Å². The van der Waals surface area contributed by atoms with Crippen molar-refractivity contribution in [3.8, 4) is 0 Å². The zero-order valence-corrected chi connectivity index (χ0v) is 11.8. The van der Waals surface area contributed by atoms with Gasteiger partial charge in [-0.15, -0.1) is 0 Å². The van der Waals surface area contributed by atoms with E-state index in [1.54, 1.807) is 0 Å². The third kappa shape index (κ3) is 4.74. The average Bonchev–Trinajstić information content (AvgIpc) is 2.27. The molecule has 1 nitrogen and oxygen atoms in total. The van der Waals surface area contributed by atoms with Gasteiger partial charge in [0.25, 0.3) is 0 Å². The van der Waals surface area contributed by atoms with Crippen LogP contribution in [0.25, 0.3) is 5.57 Å². The van der Waals surface area contributed by atoms with Gasteiger partial charge >= 0.3 is 0 Å². The van der Waals surface area contributed by atoms with Gasteiger partial charge in [0.05, 0.1) is 0 Å². The Balaban J connectivity index is 2.65. The van der Waals surface area contributed by atoms with Crippen LogP contribution in [0.15, 0.2) is 24.3 Å². The second kappa shape index (κ2) is 6.61. The van der Waals surface area contributed by atoms with Crippen LogP contribution >= 0.6 is 0 Å². The summed E-state index contributed by atoms with van der Waals surface area (Å²) in [4.78, 5) is 0. The summed E-state index contributed by atoms with van der Waals surface area (Å²) in [7, 11) is 0. The van der Waals surface area contributed by atoms with Crippen molar-refractivity contribution in [3.05, 3.63) is 41.0 Å². The van der Waals surface area contributed by atoms with E-state index >= 15 is 0 Å². The molecule has 0 saturated heterocycles. The summed E-state index contributed by atoms with van der Waals surface area (Å²) in [6, 6.07) is 7.22. The van der Waals surface area contributed by atoms with Gasteiger partial charge < -0.3 is 5.32 Å². The molecular formula is C16H25N. The first-order chi connectivity index (χ1) is 8.00. The fourth-order valence-corrected chi connectivity index (χ4v) is 1.93. The summed E-state index contributed by atoms with van der Waals surface area (Å²) in [5.41, 5.74) is 5.46. The minimum absolute atomic E-state index is 0.574. The molecule has 0 aliphatic carbocycles. The van der Waals surface area contributed by atoms with Crippen molar-refractivity contribution in [2.45, 2.75) is 47.1 Å². The van der Waals surface area contributed by atoms with Gasteiger partial charge in [0.2, 0.25) is 0 Å². The molecule has 0 aliphatic heterocycles. The maximum Gasteiger partial charge on any atom is 0.00105 e. The maximum atomic E-state index is 3.43. The largest absolute Gasteiger partial charge is 0.314 e. The van der Waals surface area contributed by atoms with E-state index in [2.05, 4.69) is 64.2 Å². The molecule has 1 N–H and O–H groups in total. The number of aryl methyl sites for hydroxylation is 2. The Bertz CT molecular complexity index is 389. The summed E-state index contributed by atoms with van der Waals surface area (Å²) in [6.07, 6.45) is 3.43. The fourth-order valence-electron chi connectivity index (χ4n) is 1.93. The zero-order valence-electron chi connectivity index (χ0n) is 11.8. The Morgan fingerprint density at radius 1 is 1.29 bits per heavy atom. The quantitative estimate of drug-likeness (QED) is 0.752. The van der Waals surface area contributed by atoms with Crippen LogP contribution in [0.1, 0.15) is 43.9 Å². The lowest BCUT2D eigenvalue weighted by Gasteiger charge is -2.09. The first-order valence-corrected chi connectivity index (χ1v) is 6.48. The second-order valence-electron chi connectivity index (χ2n) is 5.10. The molecule has 0 spiro atoms. The molecule has 94 valence electrons. The van der Waals surface area contributed by atoms with Crippen LogP contribution in [0, 0.1) is 13.8 Å². The minimum Gasteiger partial charge on any atom is -0.314 e. The normalized spacial score (nSPS) is 12.2. The molecule has 0 radical (unpaired) electrons. The standard InChI is InChI=1S/C16H25N/c1-12(2)17-10-6-7-14(4)16-11-13(3)8-9-15(16)5/h7-9,11-12,17H,6,10H2,1-5H3. The lowest BCUT2D eigenvalue weighted by molar-refractivity contribution is 0.595. The molecular weight excluding hydrogens is 206 g/mol. The van der Waals surface area contributed by atoms with Crippen molar-refractivity contribution < 1.29 is 0 Å². The molecule has 0 aromatic heterocycles. The zero-order chi connectivity index (χ0) is 12.8. The molecule has 0 heterocycles. The Morgan fingerprint density at radius 3 is 2.65 bits per heavy atom. The second-order valence-corrected chi connectivity index (χ2v) is 5.10. The van der Waals surface area contributed by atoms with E-state index in [1.165, 1.54) is 22.3 Å². The van der Waals surface area contributed by atoms with Crippen LogP contribution in [-0.4, -0.2) is 12.6 Å². The summed E-state index contributed by atoms with van der Waals surface area (Å²) in [6.45, 7) is 12.0. The van der Waals surface area contributed by atoms with Gasteiger partial charge in [-0.05, 0) is 50.4 Å². The highest BCUT2D eigenvalue weighted by Gasteiger charge is 2.00. The highest BCUT2D eigenvalue weighted by atomic mass is 14.9. The lowest BCUT2D eigenvalue weighted by Crippen LogP contribution is -2.23. The van der Waals surface area contributed by atoms with Crippen LogP contribution < -0.4 is 5.32 Å². The molecule has 0 saturated carbocycles. The summed E-state index contributed by atoms with van der Waals surface area (Å²) >= 11 is 0. The summed E-state index contributed by atoms with van der Waals surface area (Å²) < 4.78 is 0. The molecule has 0 bridgehead atoms. The van der Waals surface area contributed by atoms with Crippen molar-refractivity contribution in [2.75, 3.05) is 6.54 Å². The molecule has 1 aromatic carbocycles. The molecule has 0 unspecified atom stereocenters. The Hall–Kier alpha value is -1.08. The third-order valence-corrected chi connectivity index (χ3v) is 2.97. The predicted octanol–water partition coefficient (Wildman–Crippen LogP) is 4.09. The van der Waals surface area contributed by atoms with Crippen LogP contribution in [0.4, 0.5) is 0 Å². The number of nitrogens with one attached hydrogen (secondary N) is 1. The minimum atomic E-state index is 0.574. The molecule has 0 amide bonds. The van der Waals surface area contributed by atoms with E-state index in [1.807, 2.05) is 0 Å². The van der Waals surface area contributed by atoms with Crippen molar-refractivity contribution in [3.63, 3.8) is 0 Å². The van der Waals surface area contributed by atoms with Crippen molar-refractivity contribution in [1.29, 1.82) is 0 Å². The van der Waals surface area contributed by atoms with Crippen LogP contribution in [-0.2, 0) is 0 Å². The molecule has 17 heavy (non-hydrogen) atoms. The molecule has 1 aromatic rings. The topological polar surface area (TPSA) is 12.0 Å². The average molecular weight is 231 g/mol. The number of hydrogen-bond acceptors (Lipinski definition) is 1. The molecule has 0 atom stereocenters. The smallest absolute Gasteiger partial charge is 0.00105 e. The van der Waals surface area contributed by atoms with E-state index in [0.29, 0.717) is 6.04 Å². The fraction of sp³-hybridized carbons (Fsp3) is 0.500. The maximum absolute atomic E-state index is 3.43. The first-order valence-electron chi connectivity index (χ1n) is 6.48. The summed E-state index contributed by atoms with van der Waals surface area (Å²) in [5, 5.41) is 3.43. The number of allylic oxidation sites excluding steroid dienone is 1. The first kappa shape index (κ1) is 14.0. The lowest BCUT2D eigenvalue weighted by atomic mass is 9.99. The van der Waals surface area contributed by atoms with Gasteiger partial charge in [-0.1, -0.05) is 43.7 Å². The Kier molecular flexibility index (Phi) is 5.43. The van der Waals surface area contributed by atoms with E-state index in [-0.39, 0.29) is 0 Å². The van der Waals surface area contributed by atoms with Gasteiger partial charge in [0.1, 0.15) is 0 Å². The van der Waals surface area contributed by atoms with E-state index in [0.717, 1.165) is 13.0 Å². The molecule has 1 rings (SSSR count). The number of benzene rings is 1. The monoisotopic (exact) mass is 231 g/mol. The van der Waals surface area contributed by atoms with Gasteiger partial charge in [-0.3, -0.25) is 0 Å². The predicted molar refractivity (Wildman–Crippen MR) is 77.3 cm³/mol. The third-order valence-electron chi connectivity index (χ3n) is 2.97. The van der Waals surface area contributed by atoms with Crippen molar-refractivity contribution in [1.82, 2.24) is 5.32 Å². The van der Waals surface area contributed by atoms with E-state index in [9.17, 15) is 0 Å².